The molecule has 1 aromatic heterocycles. The molecule has 0 aliphatic heterocycles. The molecule has 6 nitrogen and oxygen atoms in total. The maximum absolute atomic E-state index is 12.8. The molecule has 154 valence electrons. The average Bonchev–Trinajstić information content (AvgIpc) is 2.92. The lowest BCUT2D eigenvalue weighted by Gasteiger charge is -2.11. The normalized spacial score (nSPS) is 11.8. The molecule has 7 heteroatoms. The molecule has 0 saturated carbocycles. The van der Waals surface area contributed by atoms with E-state index in [4.69, 9.17) is 0 Å². The molecule has 0 atom stereocenters. The number of hydrogen-bond donors (Lipinski definition) is 1. The topological polar surface area (TPSA) is 67.2 Å². The minimum absolute atomic E-state index is 0.229. The van der Waals surface area contributed by atoms with Crippen LogP contribution in [0.5, 0.6) is 0 Å². The van der Waals surface area contributed by atoms with Crippen molar-refractivity contribution in [2.24, 2.45) is 7.05 Å². The standard InChI is InChI=1S/C22H28N4O2S/c1-16-22(17(2)26(5)23-16)24-29(27,28)21-11-9-19(10-12-21)20-8-6-7-18(15-20)13-14-25(3)4/h6-12,15,24H,13-14H2,1-5H3. The number of rotatable bonds is 7. The van der Waals surface area contributed by atoms with Gasteiger partial charge in [0.1, 0.15) is 0 Å². The Hall–Kier alpha value is -2.64. The Balaban J connectivity index is 1.82. The summed E-state index contributed by atoms with van der Waals surface area (Å²) >= 11 is 0. The van der Waals surface area contributed by atoms with Crippen molar-refractivity contribution in [2.45, 2.75) is 25.2 Å². The van der Waals surface area contributed by atoms with Crippen LogP contribution < -0.4 is 4.72 Å². The highest BCUT2D eigenvalue weighted by Crippen LogP contribution is 2.25. The smallest absolute Gasteiger partial charge is 0.262 e. The van der Waals surface area contributed by atoms with Crippen LogP contribution >= 0.6 is 0 Å². The van der Waals surface area contributed by atoms with Crippen LogP contribution in [-0.2, 0) is 23.5 Å². The highest BCUT2D eigenvalue weighted by molar-refractivity contribution is 7.92. The van der Waals surface area contributed by atoms with Crippen molar-refractivity contribution in [3.63, 3.8) is 0 Å². The number of hydrogen-bond acceptors (Lipinski definition) is 4. The third kappa shape index (κ3) is 4.86. The Kier molecular flexibility index (Phi) is 6.10. The maximum Gasteiger partial charge on any atom is 0.262 e. The summed E-state index contributed by atoms with van der Waals surface area (Å²) in [5.41, 5.74) is 5.29. The lowest BCUT2D eigenvalue weighted by Crippen LogP contribution is -2.15. The zero-order valence-electron chi connectivity index (χ0n) is 17.6. The monoisotopic (exact) mass is 412 g/mol. The number of aromatic nitrogens is 2. The Morgan fingerprint density at radius 2 is 1.72 bits per heavy atom. The van der Waals surface area contributed by atoms with Gasteiger partial charge in [-0.15, -0.1) is 0 Å². The zero-order chi connectivity index (χ0) is 21.2. The highest BCUT2D eigenvalue weighted by Gasteiger charge is 2.19. The first-order valence-corrected chi connectivity index (χ1v) is 11.0. The number of likely N-dealkylation sites (N-methyl/N-ethyl adjacent to an activating group) is 1. The van der Waals surface area contributed by atoms with E-state index in [1.807, 2.05) is 31.2 Å². The van der Waals surface area contributed by atoms with Crippen LogP contribution in [0.2, 0.25) is 0 Å². The molecule has 0 aliphatic carbocycles. The van der Waals surface area contributed by atoms with Gasteiger partial charge >= 0.3 is 0 Å². The fourth-order valence-electron chi connectivity index (χ4n) is 3.20. The predicted octanol–water partition coefficient (Wildman–Crippen LogP) is 3.61. The predicted molar refractivity (Wildman–Crippen MR) is 118 cm³/mol. The molecule has 0 radical (unpaired) electrons. The summed E-state index contributed by atoms with van der Waals surface area (Å²) in [4.78, 5) is 2.39. The van der Waals surface area contributed by atoms with Gasteiger partial charge in [0.25, 0.3) is 10.0 Å². The van der Waals surface area contributed by atoms with E-state index in [0.29, 0.717) is 11.4 Å². The van der Waals surface area contributed by atoms with Crippen molar-refractivity contribution in [2.75, 3.05) is 25.4 Å². The minimum atomic E-state index is -3.68. The molecular formula is C22H28N4O2S. The van der Waals surface area contributed by atoms with Crippen LogP contribution in [0, 0.1) is 13.8 Å². The summed E-state index contributed by atoms with van der Waals surface area (Å²) in [5.74, 6) is 0. The van der Waals surface area contributed by atoms with E-state index in [0.717, 1.165) is 29.8 Å². The lowest BCUT2D eigenvalue weighted by molar-refractivity contribution is 0.413. The second-order valence-corrected chi connectivity index (χ2v) is 9.24. The van der Waals surface area contributed by atoms with Crippen molar-refractivity contribution in [1.29, 1.82) is 0 Å². The molecule has 3 aromatic rings. The van der Waals surface area contributed by atoms with E-state index in [1.54, 1.807) is 30.8 Å². The van der Waals surface area contributed by atoms with Gasteiger partial charge in [0.15, 0.2) is 0 Å². The summed E-state index contributed by atoms with van der Waals surface area (Å²) < 4.78 is 30.0. The molecule has 0 unspecified atom stereocenters. The number of nitrogens with zero attached hydrogens (tertiary/aromatic N) is 3. The second kappa shape index (κ2) is 8.39. The fourth-order valence-corrected chi connectivity index (χ4v) is 4.38. The molecule has 3 rings (SSSR count). The molecule has 0 saturated heterocycles. The van der Waals surface area contributed by atoms with Crippen LogP contribution in [0.3, 0.4) is 0 Å². The highest BCUT2D eigenvalue weighted by atomic mass is 32.2. The average molecular weight is 413 g/mol. The molecule has 0 amide bonds. The molecule has 0 fully saturated rings. The molecule has 2 aromatic carbocycles. The quantitative estimate of drug-likeness (QED) is 0.644. The van der Waals surface area contributed by atoms with Gasteiger partial charge in [0, 0.05) is 13.6 Å². The second-order valence-electron chi connectivity index (χ2n) is 7.55. The molecule has 0 aliphatic rings. The van der Waals surface area contributed by atoms with E-state index in [-0.39, 0.29) is 4.90 Å². The summed E-state index contributed by atoms with van der Waals surface area (Å²) in [6.07, 6.45) is 0.973. The van der Waals surface area contributed by atoms with E-state index in [9.17, 15) is 8.42 Å². The molecule has 1 N–H and O–H groups in total. The number of sulfonamides is 1. The third-order valence-corrected chi connectivity index (χ3v) is 6.38. The number of nitrogens with one attached hydrogen (secondary N) is 1. The maximum atomic E-state index is 12.8. The Labute approximate surface area is 173 Å². The summed E-state index contributed by atoms with van der Waals surface area (Å²) in [7, 11) is 2.24. The van der Waals surface area contributed by atoms with Crippen LogP contribution in [-0.4, -0.2) is 43.7 Å². The van der Waals surface area contributed by atoms with Crippen LogP contribution in [0.1, 0.15) is 17.0 Å². The molecule has 1 heterocycles. The van der Waals surface area contributed by atoms with Crippen molar-refractivity contribution in [3.05, 3.63) is 65.5 Å². The van der Waals surface area contributed by atoms with Crippen molar-refractivity contribution < 1.29 is 8.42 Å². The number of aryl methyl sites for hydroxylation is 2. The van der Waals surface area contributed by atoms with Crippen molar-refractivity contribution in [3.8, 4) is 11.1 Å². The Morgan fingerprint density at radius 3 is 2.31 bits per heavy atom. The lowest BCUT2D eigenvalue weighted by atomic mass is 10.0. The Bertz CT molecular complexity index is 1100. The van der Waals surface area contributed by atoms with Crippen LogP contribution in [0.4, 0.5) is 5.69 Å². The number of benzene rings is 2. The van der Waals surface area contributed by atoms with E-state index in [1.165, 1.54) is 5.56 Å². The van der Waals surface area contributed by atoms with Gasteiger partial charge in [-0.3, -0.25) is 9.40 Å². The summed E-state index contributed by atoms with van der Waals surface area (Å²) in [6.45, 7) is 4.61. The Morgan fingerprint density at radius 1 is 1.03 bits per heavy atom. The van der Waals surface area contributed by atoms with Crippen molar-refractivity contribution >= 4 is 15.7 Å². The van der Waals surface area contributed by atoms with Crippen LogP contribution in [0.25, 0.3) is 11.1 Å². The van der Waals surface area contributed by atoms with Gasteiger partial charge < -0.3 is 4.90 Å². The first-order valence-electron chi connectivity index (χ1n) is 9.54. The molecule has 0 bridgehead atoms. The van der Waals surface area contributed by atoms with E-state index < -0.39 is 10.0 Å². The fraction of sp³-hybridized carbons (Fsp3) is 0.318. The largest absolute Gasteiger partial charge is 0.309 e. The van der Waals surface area contributed by atoms with Gasteiger partial charge in [-0.05, 0) is 63.2 Å². The summed E-state index contributed by atoms with van der Waals surface area (Å²) in [6, 6.07) is 15.4. The number of anilines is 1. The first kappa shape index (κ1) is 21.1. The van der Waals surface area contributed by atoms with Gasteiger partial charge in [0.05, 0.1) is 22.0 Å². The van der Waals surface area contributed by atoms with E-state index >= 15 is 0 Å². The van der Waals surface area contributed by atoms with Gasteiger partial charge in [0.2, 0.25) is 0 Å². The first-order chi connectivity index (χ1) is 13.7. The third-order valence-electron chi connectivity index (χ3n) is 5.02. The molecule has 29 heavy (non-hydrogen) atoms. The zero-order valence-corrected chi connectivity index (χ0v) is 18.4. The summed E-state index contributed by atoms with van der Waals surface area (Å²) in [5, 5.41) is 4.26. The molecule has 0 spiro atoms. The SMILES string of the molecule is Cc1nn(C)c(C)c1NS(=O)(=O)c1ccc(-c2cccc(CCN(C)C)c2)cc1. The minimum Gasteiger partial charge on any atom is -0.309 e. The van der Waals surface area contributed by atoms with Gasteiger partial charge in [-0.1, -0.05) is 36.4 Å². The van der Waals surface area contributed by atoms with Gasteiger partial charge in [-0.25, -0.2) is 8.42 Å². The van der Waals surface area contributed by atoms with Gasteiger partial charge in [-0.2, -0.15) is 5.10 Å². The van der Waals surface area contributed by atoms with Crippen molar-refractivity contribution in [1.82, 2.24) is 14.7 Å². The van der Waals surface area contributed by atoms with E-state index in [2.05, 4.69) is 40.9 Å². The van der Waals surface area contributed by atoms with Crippen LogP contribution in [0.15, 0.2) is 53.4 Å². The molecular weight excluding hydrogens is 384 g/mol.